The second-order valence-electron chi connectivity index (χ2n) is 14.9. The van der Waals surface area contributed by atoms with Gasteiger partial charge in [-0.15, -0.1) is 5.10 Å². The van der Waals surface area contributed by atoms with E-state index in [0.29, 0.717) is 31.9 Å². The Morgan fingerprint density at radius 3 is 1.83 bits per heavy atom. The summed E-state index contributed by atoms with van der Waals surface area (Å²) in [6.45, 7) is 4.31. The van der Waals surface area contributed by atoms with E-state index in [0.717, 1.165) is 9.87 Å². The van der Waals surface area contributed by atoms with Crippen LogP contribution in [0.1, 0.15) is 37.5 Å². The van der Waals surface area contributed by atoms with Gasteiger partial charge in [-0.3, -0.25) is 4.31 Å². The molecular formula is C40H46IN7O10S2. The van der Waals surface area contributed by atoms with Crippen molar-refractivity contribution in [2.45, 2.75) is 63.0 Å². The fourth-order valence-corrected chi connectivity index (χ4v) is 10.2. The fraction of sp³-hybridized carbons (Fsp3) is 0.350. The zero-order valence-corrected chi connectivity index (χ0v) is 37.6. The summed E-state index contributed by atoms with van der Waals surface area (Å²) in [6.07, 6.45) is -2.18. The van der Waals surface area contributed by atoms with E-state index >= 15 is 8.42 Å². The summed E-state index contributed by atoms with van der Waals surface area (Å²) in [7, 11) is -3.82. The minimum absolute atomic E-state index is 0.0272. The number of sulfonamides is 1. The maximum absolute atomic E-state index is 15.8. The number of halogens is 1. The summed E-state index contributed by atoms with van der Waals surface area (Å²) < 4.78 is 84.1. The molecule has 1 amide bonds. The number of aliphatic hydroxyl groups is 1. The van der Waals surface area contributed by atoms with Crippen molar-refractivity contribution in [2.24, 2.45) is 0 Å². The van der Waals surface area contributed by atoms with Crippen molar-refractivity contribution in [3.63, 3.8) is 0 Å². The third-order valence-electron chi connectivity index (χ3n) is 9.61. The molecule has 0 unspecified atom stereocenters. The number of thiol groups is 1. The number of tetrazole rings is 1. The number of amides is 1. The van der Waals surface area contributed by atoms with Crippen molar-refractivity contribution < 1.29 is 45.7 Å². The molecule has 2 atom stereocenters. The Kier molecular flexibility index (Phi) is 13.9. The normalized spacial score (nSPS) is 15.7. The molecule has 1 fully saturated rings. The highest BCUT2D eigenvalue weighted by atomic mass is 127. The van der Waals surface area contributed by atoms with Crippen molar-refractivity contribution in [1.29, 1.82) is 0 Å². The van der Waals surface area contributed by atoms with Gasteiger partial charge in [-0.2, -0.15) is 4.31 Å². The van der Waals surface area contributed by atoms with Gasteiger partial charge in [0.05, 0.1) is 57.8 Å². The second-order valence-corrected chi connectivity index (χ2v) is 18.8. The molecule has 17 nitrogen and oxygen atoms in total. The number of ether oxygens (including phenoxy) is 4. The van der Waals surface area contributed by atoms with E-state index in [2.05, 4.69) is 15.5 Å². The van der Waals surface area contributed by atoms with Gasteiger partial charge >= 0.3 is 6.09 Å². The zero-order valence-electron chi connectivity index (χ0n) is 33.8. The molecule has 5 aromatic rings. The van der Waals surface area contributed by atoms with Gasteiger partial charge in [0.1, 0.15) is 27.7 Å². The van der Waals surface area contributed by atoms with E-state index in [9.17, 15) is 18.3 Å². The summed E-state index contributed by atoms with van der Waals surface area (Å²) in [5.74, 6) is 1.80. The van der Waals surface area contributed by atoms with E-state index in [1.807, 2.05) is 34.7 Å². The van der Waals surface area contributed by atoms with E-state index in [-0.39, 0.29) is 49.8 Å². The Morgan fingerprint density at radius 2 is 1.35 bits per heavy atom. The van der Waals surface area contributed by atoms with Gasteiger partial charge in [-0.1, -0.05) is 36.4 Å². The van der Waals surface area contributed by atoms with Crippen LogP contribution in [0.3, 0.4) is 0 Å². The van der Waals surface area contributed by atoms with Crippen LogP contribution in [0.15, 0.2) is 89.8 Å². The lowest BCUT2D eigenvalue weighted by Gasteiger charge is -2.31. The van der Waals surface area contributed by atoms with Gasteiger partial charge in [0.25, 0.3) is 0 Å². The standard InChI is InChI=1S/C40H46IN7O10S2/c1-40(2,3)58-39(50)45-24-34(35(49)25-45)48(59(51)52)33-20-19-32(41)36(38-42-43-44-47(38)23-28-11-17-31(57-6)18-12-28)37(33)60(53,54)46(21-26-7-13-29(55-4)14-8-26)22-27-9-15-30(56-5)16-10-27/h7-20,34-35,49,59H,21-25H2,1-6H3/t34-,35+/m1/s1. The minimum Gasteiger partial charge on any atom is -0.497 e. The van der Waals surface area contributed by atoms with Gasteiger partial charge in [0.2, 0.25) is 20.9 Å². The Hall–Kier alpha value is -5.03. The van der Waals surface area contributed by atoms with Crippen molar-refractivity contribution in [3.8, 4) is 28.6 Å². The first-order chi connectivity index (χ1) is 28.5. The Labute approximate surface area is 364 Å². The summed E-state index contributed by atoms with van der Waals surface area (Å²) in [4.78, 5) is 13.9. The van der Waals surface area contributed by atoms with Gasteiger partial charge in [-0.25, -0.2) is 26.3 Å². The number of anilines is 1. The van der Waals surface area contributed by atoms with Gasteiger partial charge in [0, 0.05) is 23.2 Å². The molecule has 1 aliphatic rings. The number of aromatic nitrogens is 4. The molecule has 0 bridgehead atoms. The fourth-order valence-electron chi connectivity index (χ4n) is 6.69. The number of hydrogen-bond acceptors (Lipinski definition) is 13. The van der Waals surface area contributed by atoms with Crippen molar-refractivity contribution >= 4 is 55.3 Å². The average molecular weight is 976 g/mol. The molecule has 20 heteroatoms. The summed E-state index contributed by atoms with van der Waals surface area (Å²) in [5, 5.41) is 23.9. The second kappa shape index (κ2) is 18.7. The highest BCUT2D eigenvalue weighted by Gasteiger charge is 2.44. The van der Waals surface area contributed by atoms with Crippen LogP contribution >= 0.6 is 22.6 Å². The number of aliphatic hydroxyl groups excluding tert-OH is 1. The average Bonchev–Trinajstić information content (AvgIpc) is 3.84. The molecule has 1 saturated heterocycles. The number of carbonyl (C=O) groups is 1. The number of methoxy groups -OCH3 is 3. The Morgan fingerprint density at radius 1 is 0.833 bits per heavy atom. The number of benzene rings is 4. The number of carbonyl (C=O) groups excluding carboxylic acids is 1. The molecule has 1 N–H and O–H groups in total. The number of β-amino-alcohol motifs (C(OH)–C–C–N with tert-alkyl or cyclic N) is 1. The number of likely N-dealkylation sites (tertiary alicyclic amines) is 1. The molecule has 1 aromatic heterocycles. The summed E-state index contributed by atoms with van der Waals surface area (Å²) >= 11 is 1.98. The number of hydrogen-bond donors (Lipinski definition) is 2. The zero-order chi connectivity index (χ0) is 43.4. The van der Waals surface area contributed by atoms with Crippen LogP contribution in [0.25, 0.3) is 11.4 Å². The Balaban J connectivity index is 1.56. The van der Waals surface area contributed by atoms with Crippen LogP contribution in [-0.4, -0.2) is 110 Å². The van der Waals surface area contributed by atoms with Crippen LogP contribution in [0, 0.1) is 3.57 Å². The lowest BCUT2D eigenvalue weighted by molar-refractivity contribution is 0.0270. The molecule has 2 heterocycles. The van der Waals surface area contributed by atoms with Crippen LogP contribution < -0.4 is 18.5 Å². The summed E-state index contributed by atoms with van der Waals surface area (Å²) in [5.41, 5.74) is 0.863. The first kappa shape index (κ1) is 44.5. The lowest BCUT2D eigenvalue weighted by Crippen LogP contribution is -2.44. The van der Waals surface area contributed by atoms with Crippen molar-refractivity contribution in [3.05, 3.63) is 105 Å². The molecule has 1 aliphatic heterocycles. The number of nitrogens with zero attached hydrogens (tertiary/aromatic N) is 7. The molecule has 0 saturated carbocycles. The summed E-state index contributed by atoms with van der Waals surface area (Å²) in [6, 6.07) is 22.6. The predicted molar refractivity (Wildman–Crippen MR) is 231 cm³/mol. The molecular weight excluding hydrogens is 930 g/mol. The van der Waals surface area contributed by atoms with Gasteiger partial charge < -0.3 is 29.0 Å². The van der Waals surface area contributed by atoms with Crippen LogP contribution in [0.4, 0.5) is 10.5 Å². The molecule has 0 radical (unpaired) electrons. The maximum Gasteiger partial charge on any atom is 0.410 e. The third-order valence-corrected chi connectivity index (χ3v) is 13.2. The lowest BCUT2D eigenvalue weighted by atomic mass is 10.1. The first-order valence-electron chi connectivity index (χ1n) is 18.6. The van der Waals surface area contributed by atoms with E-state index in [1.165, 1.54) is 34.2 Å². The predicted octanol–water partition coefficient (Wildman–Crippen LogP) is 4.72. The molecule has 0 aliphatic carbocycles. The largest absolute Gasteiger partial charge is 0.497 e. The van der Waals surface area contributed by atoms with Crippen LogP contribution in [-0.2, 0) is 45.3 Å². The van der Waals surface area contributed by atoms with Gasteiger partial charge in [0.15, 0.2) is 5.82 Å². The quantitative estimate of drug-likeness (QED) is 0.108. The SMILES string of the molecule is COc1ccc(CN(Cc2ccc(OC)cc2)S(=O)(=O)c2c(N([C@@H]3CN(C(=O)OC(C)(C)C)C[C@@H]3O)[SH](=O)=O)ccc(I)c2-c2nnnn2Cc2ccc(OC)cc2)cc1. The molecule has 0 spiro atoms. The third kappa shape index (κ3) is 10.1. The molecule has 320 valence electrons. The van der Waals surface area contributed by atoms with Crippen molar-refractivity contribution in [1.82, 2.24) is 29.4 Å². The van der Waals surface area contributed by atoms with Crippen molar-refractivity contribution in [2.75, 3.05) is 38.7 Å². The Bertz CT molecular complexity index is 2420. The topological polar surface area (TPSA) is 196 Å². The van der Waals surface area contributed by atoms with E-state index < -0.39 is 49.6 Å². The van der Waals surface area contributed by atoms with Crippen LogP contribution in [0.5, 0.6) is 17.2 Å². The maximum atomic E-state index is 15.8. The highest BCUT2D eigenvalue weighted by Crippen LogP contribution is 2.42. The minimum atomic E-state index is -4.77. The smallest absolute Gasteiger partial charge is 0.410 e. The first-order valence-corrected chi connectivity index (χ1v) is 22.3. The van der Waals surface area contributed by atoms with E-state index in [1.54, 1.807) is 94.6 Å². The monoisotopic (exact) mass is 975 g/mol. The molecule has 60 heavy (non-hydrogen) atoms. The molecule has 6 rings (SSSR count). The van der Waals surface area contributed by atoms with Gasteiger partial charge in [-0.05, 0) is 119 Å². The number of rotatable bonds is 15. The molecule has 4 aromatic carbocycles. The van der Waals surface area contributed by atoms with Crippen LogP contribution in [0.2, 0.25) is 0 Å². The van der Waals surface area contributed by atoms with E-state index in [4.69, 9.17) is 18.9 Å². The highest BCUT2D eigenvalue weighted by molar-refractivity contribution is 14.1.